The quantitative estimate of drug-likeness (QED) is 0.894. The highest BCUT2D eigenvalue weighted by molar-refractivity contribution is 7.99. The van der Waals surface area contributed by atoms with Crippen LogP contribution >= 0.6 is 11.8 Å². The zero-order valence-electron chi connectivity index (χ0n) is 10.3. The van der Waals surface area contributed by atoms with E-state index in [0.29, 0.717) is 5.95 Å². The van der Waals surface area contributed by atoms with Crippen molar-refractivity contribution in [3.8, 4) is 0 Å². The van der Waals surface area contributed by atoms with Crippen LogP contribution in [0.15, 0.2) is 5.16 Å². The second-order valence-corrected chi connectivity index (χ2v) is 5.22. The topological polar surface area (TPSA) is 59.8 Å². The highest BCUT2D eigenvalue weighted by Gasteiger charge is 2.20. The Bertz CT molecular complexity index is 400. The van der Waals surface area contributed by atoms with Crippen molar-refractivity contribution in [1.82, 2.24) is 14.8 Å². The molecule has 0 aromatic carbocycles. The van der Waals surface area contributed by atoms with Crippen LogP contribution in [-0.2, 0) is 11.3 Å². The van der Waals surface area contributed by atoms with Gasteiger partial charge in [-0.2, -0.15) is 0 Å². The number of amides is 1. The van der Waals surface area contributed by atoms with E-state index in [1.807, 2.05) is 18.4 Å². The number of thioether (sulfide) groups is 1. The smallest absolute Gasteiger partial charge is 0.231 e. The maximum atomic E-state index is 12.0. The molecule has 0 saturated heterocycles. The van der Waals surface area contributed by atoms with Crippen LogP contribution in [0.3, 0.4) is 0 Å². The molecule has 0 atom stereocenters. The van der Waals surface area contributed by atoms with Crippen molar-refractivity contribution in [2.24, 2.45) is 5.92 Å². The van der Waals surface area contributed by atoms with Gasteiger partial charge in [0.1, 0.15) is 0 Å². The Kier molecular flexibility index (Phi) is 4.04. The molecule has 0 fully saturated rings. The van der Waals surface area contributed by atoms with Gasteiger partial charge in [0, 0.05) is 18.2 Å². The summed E-state index contributed by atoms with van der Waals surface area (Å²) in [5.41, 5.74) is 0. The molecule has 0 radical (unpaired) electrons. The third-order valence-electron chi connectivity index (χ3n) is 3.07. The van der Waals surface area contributed by atoms with E-state index in [9.17, 15) is 4.79 Å². The molecule has 1 N–H and O–H groups in total. The van der Waals surface area contributed by atoms with E-state index in [4.69, 9.17) is 0 Å². The van der Waals surface area contributed by atoms with Crippen molar-refractivity contribution in [2.45, 2.75) is 44.8 Å². The lowest BCUT2D eigenvalue weighted by Crippen LogP contribution is -2.24. The number of hydrogen-bond acceptors (Lipinski definition) is 4. The van der Waals surface area contributed by atoms with Crippen molar-refractivity contribution in [3.63, 3.8) is 0 Å². The molecular formula is C11H18N4OS. The fourth-order valence-corrected chi connectivity index (χ4v) is 2.84. The fourth-order valence-electron chi connectivity index (χ4n) is 1.95. The molecule has 1 aromatic rings. The fraction of sp³-hybridized carbons (Fsp3) is 0.727. The molecule has 1 aromatic heterocycles. The molecular weight excluding hydrogens is 236 g/mol. The van der Waals surface area contributed by atoms with Gasteiger partial charge in [-0.3, -0.25) is 14.7 Å². The van der Waals surface area contributed by atoms with Crippen molar-refractivity contribution in [3.05, 3.63) is 0 Å². The maximum absolute atomic E-state index is 12.0. The van der Waals surface area contributed by atoms with E-state index in [0.717, 1.165) is 36.7 Å². The minimum absolute atomic E-state index is 0.0563. The van der Waals surface area contributed by atoms with Crippen LogP contribution in [0.2, 0.25) is 0 Å². The summed E-state index contributed by atoms with van der Waals surface area (Å²) in [5.74, 6) is 1.81. The Morgan fingerprint density at radius 1 is 1.47 bits per heavy atom. The Hall–Kier alpha value is -1.04. The van der Waals surface area contributed by atoms with Gasteiger partial charge in [0.25, 0.3) is 0 Å². The molecule has 94 valence electrons. The lowest BCUT2D eigenvalue weighted by atomic mass is 10.0. The van der Waals surface area contributed by atoms with Gasteiger partial charge in [0.15, 0.2) is 5.16 Å². The first kappa shape index (κ1) is 12.4. The largest absolute Gasteiger partial charge is 0.294 e. The molecule has 0 unspecified atom stereocenters. The summed E-state index contributed by atoms with van der Waals surface area (Å²) in [4.78, 5) is 12.0. The van der Waals surface area contributed by atoms with E-state index < -0.39 is 0 Å². The minimum atomic E-state index is 0.0563. The summed E-state index contributed by atoms with van der Waals surface area (Å²) in [6.07, 6.45) is 2.82. The Labute approximate surface area is 105 Å². The first-order valence-electron chi connectivity index (χ1n) is 6.13. The third-order valence-corrected chi connectivity index (χ3v) is 4.12. The second kappa shape index (κ2) is 5.53. The van der Waals surface area contributed by atoms with Gasteiger partial charge in [-0.25, -0.2) is 0 Å². The van der Waals surface area contributed by atoms with E-state index in [1.54, 1.807) is 11.8 Å². The third kappa shape index (κ3) is 2.62. The summed E-state index contributed by atoms with van der Waals surface area (Å²) in [6, 6.07) is 0. The van der Waals surface area contributed by atoms with E-state index >= 15 is 0 Å². The maximum Gasteiger partial charge on any atom is 0.231 e. The predicted octanol–water partition coefficient (Wildman–Crippen LogP) is 2.15. The number of anilines is 1. The van der Waals surface area contributed by atoms with Crippen molar-refractivity contribution < 1.29 is 4.79 Å². The predicted molar refractivity (Wildman–Crippen MR) is 68.1 cm³/mol. The van der Waals surface area contributed by atoms with Crippen LogP contribution in [0.4, 0.5) is 5.95 Å². The molecule has 0 spiro atoms. The molecule has 1 aliphatic rings. The van der Waals surface area contributed by atoms with Crippen LogP contribution < -0.4 is 5.32 Å². The zero-order chi connectivity index (χ0) is 12.3. The SMILES string of the molecule is CCC(CC)C(=O)Nc1nnc2n1CCCS2. The van der Waals surface area contributed by atoms with E-state index in [1.165, 1.54) is 0 Å². The lowest BCUT2D eigenvalue weighted by Gasteiger charge is -2.16. The molecule has 1 aliphatic heterocycles. The van der Waals surface area contributed by atoms with Crippen LogP contribution in [0.5, 0.6) is 0 Å². The molecule has 5 nitrogen and oxygen atoms in total. The van der Waals surface area contributed by atoms with Gasteiger partial charge in [-0.1, -0.05) is 25.6 Å². The standard InChI is InChI=1S/C11H18N4OS/c1-3-8(4-2)9(16)12-10-13-14-11-15(10)6-5-7-17-11/h8H,3-7H2,1-2H3,(H,12,13,16). The van der Waals surface area contributed by atoms with Gasteiger partial charge in [0.05, 0.1) is 0 Å². The summed E-state index contributed by atoms with van der Waals surface area (Å²) < 4.78 is 1.99. The molecule has 0 saturated carbocycles. The Morgan fingerprint density at radius 2 is 2.24 bits per heavy atom. The second-order valence-electron chi connectivity index (χ2n) is 4.16. The van der Waals surface area contributed by atoms with Gasteiger partial charge in [-0.15, -0.1) is 10.2 Å². The average Bonchev–Trinajstić information content (AvgIpc) is 2.74. The highest BCUT2D eigenvalue weighted by Crippen LogP contribution is 2.25. The first-order valence-corrected chi connectivity index (χ1v) is 7.11. The van der Waals surface area contributed by atoms with Crippen LogP contribution in [0.25, 0.3) is 0 Å². The normalized spacial score (nSPS) is 14.8. The van der Waals surface area contributed by atoms with Gasteiger partial charge in [-0.05, 0) is 19.3 Å². The number of carbonyl (C=O) groups excluding carboxylic acids is 1. The van der Waals surface area contributed by atoms with Crippen molar-refractivity contribution in [2.75, 3.05) is 11.1 Å². The zero-order valence-corrected chi connectivity index (χ0v) is 11.1. The van der Waals surface area contributed by atoms with E-state index in [2.05, 4.69) is 15.5 Å². The van der Waals surface area contributed by atoms with Gasteiger partial charge >= 0.3 is 0 Å². The number of nitrogens with zero attached hydrogens (tertiary/aromatic N) is 3. The molecule has 0 bridgehead atoms. The molecule has 2 heterocycles. The molecule has 1 amide bonds. The number of nitrogens with one attached hydrogen (secondary N) is 1. The average molecular weight is 254 g/mol. The summed E-state index contributed by atoms with van der Waals surface area (Å²) in [5, 5.41) is 11.9. The summed E-state index contributed by atoms with van der Waals surface area (Å²) >= 11 is 1.69. The van der Waals surface area contributed by atoms with Crippen LogP contribution in [0.1, 0.15) is 33.1 Å². The van der Waals surface area contributed by atoms with Gasteiger partial charge in [0.2, 0.25) is 11.9 Å². The van der Waals surface area contributed by atoms with E-state index in [-0.39, 0.29) is 11.8 Å². The summed E-state index contributed by atoms with van der Waals surface area (Å²) in [7, 11) is 0. The molecule has 0 aliphatic carbocycles. The number of aromatic nitrogens is 3. The molecule has 6 heteroatoms. The monoisotopic (exact) mass is 254 g/mol. The minimum Gasteiger partial charge on any atom is -0.294 e. The highest BCUT2D eigenvalue weighted by atomic mass is 32.2. The molecule has 2 rings (SSSR count). The lowest BCUT2D eigenvalue weighted by molar-refractivity contribution is -0.120. The van der Waals surface area contributed by atoms with Gasteiger partial charge < -0.3 is 0 Å². The number of hydrogen-bond donors (Lipinski definition) is 1. The number of fused-ring (bicyclic) bond motifs is 1. The van der Waals surface area contributed by atoms with Crippen LogP contribution in [-0.4, -0.2) is 26.4 Å². The van der Waals surface area contributed by atoms with Crippen molar-refractivity contribution >= 4 is 23.6 Å². The Balaban J connectivity index is 2.08. The van der Waals surface area contributed by atoms with Crippen LogP contribution in [0, 0.1) is 5.92 Å². The number of rotatable bonds is 4. The summed E-state index contributed by atoms with van der Waals surface area (Å²) in [6.45, 7) is 4.96. The first-order chi connectivity index (χ1) is 8.26. The van der Waals surface area contributed by atoms with Crippen molar-refractivity contribution in [1.29, 1.82) is 0 Å². The number of carbonyl (C=O) groups is 1. The Morgan fingerprint density at radius 3 is 2.94 bits per heavy atom. The molecule has 17 heavy (non-hydrogen) atoms.